The van der Waals surface area contributed by atoms with E-state index in [1.54, 1.807) is 30.5 Å². The molecule has 36 heavy (non-hydrogen) atoms. The fourth-order valence-electron chi connectivity index (χ4n) is 3.65. The van der Waals surface area contributed by atoms with Crippen molar-refractivity contribution < 1.29 is 19.0 Å². The van der Waals surface area contributed by atoms with Gasteiger partial charge >= 0.3 is 0 Å². The van der Waals surface area contributed by atoms with E-state index in [1.165, 1.54) is 10.8 Å². The summed E-state index contributed by atoms with van der Waals surface area (Å²) in [4.78, 5) is 12.5. The zero-order chi connectivity index (χ0) is 25.2. The van der Waals surface area contributed by atoms with Crippen molar-refractivity contribution in [3.63, 3.8) is 0 Å². The van der Waals surface area contributed by atoms with E-state index in [0.717, 1.165) is 16.9 Å². The summed E-state index contributed by atoms with van der Waals surface area (Å²) < 4.78 is 17.1. The maximum atomic E-state index is 12.5. The first kappa shape index (κ1) is 24.5. The molecule has 1 N–H and O–H groups in total. The molecule has 0 unspecified atom stereocenters. The van der Waals surface area contributed by atoms with Crippen LogP contribution in [0.1, 0.15) is 28.4 Å². The Balaban J connectivity index is 1.33. The highest BCUT2D eigenvalue weighted by atomic mass is 16.5. The number of fused-ring (bicyclic) bond motifs is 1. The van der Waals surface area contributed by atoms with Gasteiger partial charge in [-0.05, 0) is 71.3 Å². The maximum absolute atomic E-state index is 12.5. The Bertz CT molecular complexity index is 1360. The molecule has 0 fully saturated rings. The predicted molar refractivity (Wildman–Crippen MR) is 143 cm³/mol. The molecule has 0 aliphatic heterocycles. The van der Waals surface area contributed by atoms with E-state index in [0.29, 0.717) is 36.9 Å². The minimum Gasteiger partial charge on any atom is -0.490 e. The third-order valence-corrected chi connectivity index (χ3v) is 5.40. The van der Waals surface area contributed by atoms with E-state index < -0.39 is 0 Å². The van der Waals surface area contributed by atoms with Gasteiger partial charge in [0.2, 0.25) is 0 Å². The summed E-state index contributed by atoms with van der Waals surface area (Å²) in [7, 11) is 0. The van der Waals surface area contributed by atoms with Crippen LogP contribution in [-0.2, 0) is 6.61 Å². The van der Waals surface area contributed by atoms with Crippen LogP contribution < -0.4 is 19.6 Å². The molecule has 6 heteroatoms. The first-order valence-corrected chi connectivity index (χ1v) is 11.7. The lowest BCUT2D eigenvalue weighted by molar-refractivity contribution is 0.0954. The van der Waals surface area contributed by atoms with Gasteiger partial charge in [-0.15, -0.1) is 0 Å². The summed E-state index contributed by atoms with van der Waals surface area (Å²) in [6, 6.07) is 27.0. The lowest BCUT2D eigenvalue weighted by Gasteiger charge is -2.12. The molecular weight excluding hydrogens is 452 g/mol. The van der Waals surface area contributed by atoms with Crippen molar-refractivity contribution in [3.8, 4) is 17.2 Å². The van der Waals surface area contributed by atoms with Crippen LogP contribution in [-0.4, -0.2) is 25.3 Å². The molecule has 4 rings (SSSR count). The van der Waals surface area contributed by atoms with Gasteiger partial charge in [0.15, 0.2) is 11.5 Å². The van der Waals surface area contributed by atoms with Crippen LogP contribution in [0, 0.1) is 0 Å². The lowest BCUT2D eigenvalue weighted by Crippen LogP contribution is -2.17. The molecule has 0 bridgehead atoms. The van der Waals surface area contributed by atoms with Gasteiger partial charge in [0, 0.05) is 5.56 Å². The molecule has 1 amide bonds. The molecule has 0 radical (unpaired) electrons. The van der Waals surface area contributed by atoms with Gasteiger partial charge in [-0.25, -0.2) is 5.43 Å². The second-order valence-corrected chi connectivity index (χ2v) is 7.89. The minimum atomic E-state index is -0.350. The molecule has 182 valence electrons. The van der Waals surface area contributed by atoms with Crippen LogP contribution in [0.4, 0.5) is 0 Å². The average molecular weight is 481 g/mol. The van der Waals surface area contributed by atoms with Crippen molar-refractivity contribution in [1.82, 2.24) is 5.43 Å². The monoisotopic (exact) mass is 480 g/mol. The molecule has 0 saturated heterocycles. The van der Waals surface area contributed by atoms with Crippen molar-refractivity contribution in [2.75, 3.05) is 13.2 Å². The Hall–Kier alpha value is -4.58. The van der Waals surface area contributed by atoms with E-state index in [1.807, 2.05) is 49.4 Å². The highest BCUT2D eigenvalue weighted by Crippen LogP contribution is 2.28. The second-order valence-electron chi connectivity index (χ2n) is 7.89. The number of amides is 1. The predicted octanol–water partition coefficient (Wildman–Crippen LogP) is 6.15. The van der Waals surface area contributed by atoms with Crippen LogP contribution in [0.15, 0.2) is 103 Å². The van der Waals surface area contributed by atoms with E-state index in [-0.39, 0.29) is 5.91 Å². The van der Waals surface area contributed by atoms with Crippen LogP contribution >= 0.6 is 0 Å². The molecular formula is C30H28N2O4. The molecule has 6 nitrogen and oxygen atoms in total. The van der Waals surface area contributed by atoms with E-state index in [4.69, 9.17) is 14.2 Å². The Morgan fingerprint density at radius 1 is 0.917 bits per heavy atom. The van der Waals surface area contributed by atoms with Crippen LogP contribution in [0.2, 0.25) is 0 Å². The lowest BCUT2D eigenvalue weighted by atomic mass is 10.1. The standard InChI is InChI=1S/C30H28N2O4/c1-3-18-35-28-17-14-24(19-29(28)34-4-2)30(33)32-31-20-22-12-15-26(16-13-22)36-21-25-10-7-9-23-8-5-6-11-27(23)25/h3,5-17,19-20H,1,4,18,21H2,2H3,(H,32,33)/b31-20+. The van der Waals surface area contributed by atoms with E-state index in [2.05, 4.69) is 41.4 Å². The van der Waals surface area contributed by atoms with Gasteiger partial charge in [0.05, 0.1) is 12.8 Å². The van der Waals surface area contributed by atoms with Gasteiger partial charge < -0.3 is 14.2 Å². The molecule has 0 aromatic heterocycles. The Morgan fingerprint density at radius 3 is 2.53 bits per heavy atom. The fraction of sp³-hybridized carbons (Fsp3) is 0.133. The summed E-state index contributed by atoms with van der Waals surface area (Å²) in [5.74, 6) is 1.46. The van der Waals surface area contributed by atoms with Crippen LogP contribution in [0.5, 0.6) is 17.2 Å². The summed E-state index contributed by atoms with van der Waals surface area (Å²) in [5.41, 5.74) is 4.92. The van der Waals surface area contributed by atoms with Gasteiger partial charge in [-0.2, -0.15) is 5.10 Å². The number of hydrogen-bond donors (Lipinski definition) is 1. The number of carbonyl (C=O) groups excluding carboxylic acids is 1. The molecule has 0 aliphatic carbocycles. The van der Waals surface area contributed by atoms with Gasteiger partial charge in [-0.3, -0.25) is 4.79 Å². The average Bonchev–Trinajstić information content (AvgIpc) is 2.92. The van der Waals surface area contributed by atoms with E-state index >= 15 is 0 Å². The highest BCUT2D eigenvalue weighted by Gasteiger charge is 2.11. The SMILES string of the molecule is C=CCOc1ccc(C(=O)N/N=C/c2ccc(OCc3cccc4ccccc34)cc2)cc1OCC. The Labute approximate surface area is 210 Å². The first-order chi connectivity index (χ1) is 17.7. The third kappa shape index (κ3) is 6.30. The molecule has 4 aromatic rings. The molecule has 0 aliphatic rings. The summed E-state index contributed by atoms with van der Waals surface area (Å²) in [6.07, 6.45) is 3.23. The summed E-state index contributed by atoms with van der Waals surface area (Å²) in [6.45, 7) is 6.79. The smallest absolute Gasteiger partial charge is 0.271 e. The fourth-order valence-corrected chi connectivity index (χ4v) is 3.65. The molecule has 0 spiro atoms. The minimum absolute atomic E-state index is 0.350. The number of carbonyl (C=O) groups is 1. The van der Waals surface area contributed by atoms with Crippen LogP contribution in [0.25, 0.3) is 10.8 Å². The summed E-state index contributed by atoms with van der Waals surface area (Å²) in [5, 5.41) is 6.45. The van der Waals surface area contributed by atoms with Crippen molar-refractivity contribution in [2.24, 2.45) is 5.10 Å². The van der Waals surface area contributed by atoms with Crippen molar-refractivity contribution in [2.45, 2.75) is 13.5 Å². The number of benzene rings is 4. The Kier molecular flexibility index (Phi) is 8.33. The topological polar surface area (TPSA) is 69.2 Å². The van der Waals surface area contributed by atoms with Crippen LogP contribution in [0.3, 0.4) is 0 Å². The summed E-state index contributed by atoms with van der Waals surface area (Å²) >= 11 is 0. The first-order valence-electron chi connectivity index (χ1n) is 11.7. The van der Waals surface area contributed by atoms with Gasteiger partial charge in [0.1, 0.15) is 19.0 Å². The molecule has 4 aromatic carbocycles. The number of hydrogen-bond acceptors (Lipinski definition) is 5. The van der Waals surface area contributed by atoms with Gasteiger partial charge in [-0.1, -0.05) is 55.1 Å². The number of hydrazone groups is 1. The van der Waals surface area contributed by atoms with Crippen molar-refractivity contribution in [3.05, 3.63) is 114 Å². The van der Waals surface area contributed by atoms with Crippen molar-refractivity contribution >= 4 is 22.9 Å². The number of nitrogens with zero attached hydrogens (tertiary/aromatic N) is 1. The Morgan fingerprint density at radius 2 is 1.72 bits per heavy atom. The molecule has 0 saturated carbocycles. The highest BCUT2D eigenvalue weighted by molar-refractivity contribution is 5.95. The normalized spacial score (nSPS) is 10.8. The largest absolute Gasteiger partial charge is 0.490 e. The second kappa shape index (κ2) is 12.2. The zero-order valence-corrected chi connectivity index (χ0v) is 20.1. The van der Waals surface area contributed by atoms with Gasteiger partial charge in [0.25, 0.3) is 5.91 Å². The number of rotatable bonds is 11. The zero-order valence-electron chi connectivity index (χ0n) is 20.1. The third-order valence-electron chi connectivity index (χ3n) is 5.40. The molecule has 0 atom stereocenters. The number of ether oxygens (including phenoxy) is 3. The number of nitrogens with one attached hydrogen (secondary N) is 1. The van der Waals surface area contributed by atoms with E-state index in [9.17, 15) is 4.79 Å². The van der Waals surface area contributed by atoms with Crippen molar-refractivity contribution in [1.29, 1.82) is 0 Å². The quantitative estimate of drug-likeness (QED) is 0.159. The molecule has 0 heterocycles. The maximum Gasteiger partial charge on any atom is 0.271 e.